The minimum Gasteiger partial charge on any atom is -0.373 e. The zero-order valence-corrected chi connectivity index (χ0v) is 13.5. The molecule has 21 heavy (non-hydrogen) atoms. The lowest BCUT2D eigenvalue weighted by molar-refractivity contribution is -0.0707. The van der Waals surface area contributed by atoms with E-state index in [1.807, 2.05) is 6.20 Å². The molecule has 2 heterocycles. The van der Waals surface area contributed by atoms with Gasteiger partial charge < -0.3 is 4.74 Å². The first-order valence-electron chi connectivity index (χ1n) is 7.03. The van der Waals surface area contributed by atoms with Crippen LogP contribution in [-0.4, -0.2) is 66.4 Å². The molecule has 0 unspecified atom stereocenters. The van der Waals surface area contributed by atoms with Gasteiger partial charge in [-0.1, -0.05) is 5.21 Å². The van der Waals surface area contributed by atoms with Crippen LogP contribution in [0.15, 0.2) is 6.20 Å². The van der Waals surface area contributed by atoms with Gasteiger partial charge in [0, 0.05) is 32.4 Å². The van der Waals surface area contributed by atoms with E-state index in [9.17, 15) is 8.42 Å². The molecule has 9 heteroatoms. The number of aromatic nitrogens is 3. The maximum absolute atomic E-state index is 11.0. The van der Waals surface area contributed by atoms with Gasteiger partial charge in [-0.2, -0.15) is 0 Å². The van der Waals surface area contributed by atoms with E-state index in [2.05, 4.69) is 33.8 Å². The SMILES string of the molecule is C[C@@H]1CN(Cc2cn(CCNS(C)(=O)=O)nn2)C[C@H](C)O1. The van der Waals surface area contributed by atoms with E-state index < -0.39 is 10.0 Å². The predicted octanol–water partition coefficient (Wildman–Crippen LogP) is -0.563. The Morgan fingerprint density at radius 3 is 2.67 bits per heavy atom. The van der Waals surface area contributed by atoms with Crippen molar-refractivity contribution >= 4 is 10.0 Å². The van der Waals surface area contributed by atoms with Gasteiger partial charge >= 0.3 is 0 Å². The fourth-order valence-electron chi connectivity index (χ4n) is 2.51. The van der Waals surface area contributed by atoms with Crippen molar-refractivity contribution in [1.82, 2.24) is 24.6 Å². The van der Waals surface area contributed by atoms with E-state index >= 15 is 0 Å². The number of hydrogen-bond acceptors (Lipinski definition) is 6. The molecule has 1 N–H and O–H groups in total. The molecule has 0 aliphatic carbocycles. The number of rotatable bonds is 6. The lowest BCUT2D eigenvalue weighted by atomic mass is 10.2. The Morgan fingerprint density at radius 2 is 2.05 bits per heavy atom. The van der Waals surface area contributed by atoms with E-state index in [0.717, 1.165) is 31.6 Å². The quantitative estimate of drug-likeness (QED) is 0.756. The van der Waals surface area contributed by atoms with Crippen LogP contribution in [0.4, 0.5) is 0 Å². The van der Waals surface area contributed by atoms with Gasteiger partial charge in [0.2, 0.25) is 10.0 Å². The molecule has 2 atom stereocenters. The van der Waals surface area contributed by atoms with Gasteiger partial charge in [0.1, 0.15) is 0 Å². The van der Waals surface area contributed by atoms with Crippen LogP contribution in [0.25, 0.3) is 0 Å². The van der Waals surface area contributed by atoms with Crippen LogP contribution in [0, 0.1) is 0 Å². The third kappa shape index (κ3) is 5.70. The summed E-state index contributed by atoms with van der Waals surface area (Å²) in [7, 11) is -3.16. The average Bonchev–Trinajstić information content (AvgIpc) is 2.73. The number of ether oxygens (including phenoxy) is 1. The third-order valence-corrected chi connectivity index (χ3v) is 3.90. The molecule has 1 aromatic rings. The van der Waals surface area contributed by atoms with Crippen LogP contribution < -0.4 is 4.72 Å². The monoisotopic (exact) mass is 317 g/mol. The van der Waals surface area contributed by atoms with Gasteiger partial charge in [-0.05, 0) is 13.8 Å². The van der Waals surface area contributed by atoms with E-state index in [4.69, 9.17) is 4.74 Å². The summed E-state index contributed by atoms with van der Waals surface area (Å²) in [6.07, 6.45) is 3.44. The van der Waals surface area contributed by atoms with Crippen molar-refractivity contribution in [2.24, 2.45) is 0 Å². The van der Waals surface area contributed by atoms with E-state index in [1.54, 1.807) is 4.68 Å². The molecule has 2 rings (SSSR count). The normalized spacial score (nSPS) is 24.3. The summed E-state index contributed by atoms with van der Waals surface area (Å²) in [6, 6.07) is 0. The first kappa shape index (κ1) is 16.3. The second kappa shape index (κ2) is 6.82. The molecule has 8 nitrogen and oxygen atoms in total. The lowest BCUT2D eigenvalue weighted by Gasteiger charge is -2.34. The van der Waals surface area contributed by atoms with Crippen molar-refractivity contribution in [2.75, 3.05) is 25.9 Å². The molecular formula is C12H23N5O3S. The van der Waals surface area contributed by atoms with Crippen molar-refractivity contribution in [2.45, 2.75) is 39.1 Å². The Morgan fingerprint density at radius 1 is 1.38 bits per heavy atom. The molecule has 1 saturated heterocycles. The van der Waals surface area contributed by atoms with Crippen LogP contribution >= 0.6 is 0 Å². The number of nitrogens with one attached hydrogen (secondary N) is 1. The molecule has 120 valence electrons. The molecule has 0 amide bonds. The van der Waals surface area contributed by atoms with Crippen LogP contribution in [-0.2, 0) is 27.8 Å². The number of sulfonamides is 1. The van der Waals surface area contributed by atoms with E-state index in [0.29, 0.717) is 13.1 Å². The molecule has 1 aromatic heterocycles. The molecule has 0 bridgehead atoms. The fourth-order valence-corrected chi connectivity index (χ4v) is 2.97. The maximum atomic E-state index is 11.0. The first-order chi connectivity index (χ1) is 9.82. The van der Waals surface area contributed by atoms with Crippen LogP contribution in [0.5, 0.6) is 0 Å². The summed E-state index contributed by atoms with van der Waals surface area (Å²) in [5.74, 6) is 0. The second-order valence-corrected chi connectivity index (χ2v) is 7.42. The Balaban J connectivity index is 1.82. The van der Waals surface area contributed by atoms with Crippen molar-refractivity contribution in [3.63, 3.8) is 0 Å². The first-order valence-corrected chi connectivity index (χ1v) is 8.92. The van der Waals surface area contributed by atoms with Gasteiger partial charge in [0.25, 0.3) is 0 Å². The minimum atomic E-state index is -3.16. The van der Waals surface area contributed by atoms with Crippen molar-refractivity contribution < 1.29 is 13.2 Å². The summed E-state index contributed by atoms with van der Waals surface area (Å²) in [4.78, 5) is 2.29. The Labute approximate surface area is 125 Å². The number of hydrogen-bond donors (Lipinski definition) is 1. The van der Waals surface area contributed by atoms with Crippen LogP contribution in [0.2, 0.25) is 0 Å². The Kier molecular flexibility index (Phi) is 5.31. The zero-order chi connectivity index (χ0) is 15.5. The fraction of sp³-hybridized carbons (Fsp3) is 0.833. The van der Waals surface area contributed by atoms with Gasteiger partial charge in [-0.15, -0.1) is 5.10 Å². The molecule has 1 aliphatic heterocycles. The maximum Gasteiger partial charge on any atom is 0.208 e. The largest absolute Gasteiger partial charge is 0.373 e. The summed E-state index contributed by atoms with van der Waals surface area (Å²) in [5, 5.41) is 8.14. The number of nitrogens with zero attached hydrogens (tertiary/aromatic N) is 4. The zero-order valence-electron chi connectivity index (χ0n) is 12.7. The van der Waals surface area contributed by atoms with E-state index in [1.165, 1.54) is 0 Å². The topological polar surface area (TPSA) is 89.3 Å². The Hall–Kier alpha value is -1.03. The second-order valence-electron chi connectivity index (χ2n) is 5.59. The summed E-state index contributed by atoms with van der Waals surface area (Å²) in [6.45, 7) is 7.41. The molecule has 1 aliphatic rings. The Bertz CT molecular complexity index is 549. The molecule has 0 radical (unpaired) electrons. The molecule has 0 saturated carbocycles. The summed E-state index contributed by atoms with van der Waals surface area (Å²) < 4.78 is 31.7. The molecule has 0 spiro atoms. The predicted molar refractivity (Wildman–Crippen MR) is 78.2 cm³/mol. The highest BCUT2D eigenvalue weighted by Gasteiger charge is 2.22. The summed E-state index contributed by atoms with van der Waals surface area (Å²) >= 11 is 0. The van der Waals surface area contributed by atoms with Gasteiger partial charge in [-0.25, -0.2) is 13.1 Å². The van der Waals surface area contributed by atoms with Gasteiger partial charge in [-0.3, -0.25) is 9.58 Å². The average molecular weight is 317 g/mol. The van der Waals surface area contributed by atoms with Gasteiger partial charge in [0.15, 0.2) is 0 Å². The highest BCUT2D eigenvalue weighted by atomic mass is 32.2. The van der Waals surface area contributed by atoms with Crippen LogP contribution in [0.1, 0.15) is 19.5 Å². The highest BCUT2D eigenvalue weighted by Crippen LogP contribution is 2.12. The van der Waals surface area contributed by atoms with Gasteiger partial charge in [0.05, 0.1) is 30.7 Å². The van der Waals surface area contributed by atoms with Crippen molar-refractivity contribution in [1.29, 1.82) is 0 Å². The van der Waals surface area contributed by atoms with Crippen molar-refractivity contribution in [3.8, 4) is 0 Å². The number of morpholine rings is 1. The van der Waals surface area contributed by atoms with Crippen molar-refractivity contribution in [3.05, 3.63) is 11.9 Å². The highest BCUT2D eigenvalue weighted by molar-refractivity contribution is 7.88. The standard InChI is InChI=1S/C12H23N5O3S/c1-10-6-16(7-11(2)20-10)8-12-9-17(15-14-12)5-4-13-21(3,18)19/h9-11,13H,4-8H2,1-3H3/t10-,11+. The lowest BCUT2D eigenvalue weighted by Crippen LogP contribution is -2.44. The van der Waals surface area contributed by atoms with Crippen LogP contribution in [0.3, 0.4) is 0 Å². The smallest absolute Gasteiger partial charge is 0.208 e. The molecular weight excluding hydrogens is 294 g/mol. The third-order valence-electron chi connectivity index (χ3n) is 3.17. The van der Waals surface area contributed by atoms with E-state index in [-0.39, 0.29) is 12.2 Å². The summed E-state index contributed by atoms with van der Waals surface area (Å²) in [5.41, 5.74) is 0.885. The molecule has 0 aromatic carbocycles. The molecule has 1 fully saturated rings. The minimum absolute atomic E-state index is 0.225.